The third-order valence-corrected chi connectivity index (χ3v) is 4.22. The molecule has 0 unspecified atom stereocenters. The van der Waals surface area contributed by atoms with Crippen molar-refractivity contribution in [2.45, 2.75) is 34.1 Å². The molecule has 3 nitrogen and oxygen atoms in total. The van der Waals surface area contributed by atoms with Crippen LogP contribution in [-0.4, -0.2) is 55.7 Å². The molecule has 0 atom stereocenters. The fourth-order valence-electron chi connectivity index (χ4n) is 2.98. The average Bonchev–Trinajstić information content (AvgIpc) is 2.47. The third-order valence-electron chi connectivity index (χ3n) is 4.22. The molecule has 1 saturated heterocycles. The zero-order valence-corrected chi connectivity index (χ0v) is 14.8. The van der Waals surface area contributed by atoms with E-state index in [2.05, 4.69) is 61.8 Å². The molecule has 0 bridgehead atoms. The molecule has 3 heteroatoms. The van der Waals surface area contributed by atoms with E-state index in [1.807, 2.05) is 0 Å². The number of hydrogen-bond donors (Lipinski definition) is 0. The van der Waals surface area contributed by atoms with Crippen LogP contribution in [-0.2, 0) is 6.42 Å². The van der Waals surface area contributed by atoms with Gasteiger partial charge in [0, 0.05) is 32.7 Å². The highest BCUT2D eigenvalue weighted by molar-refractivity contribution is 5.29. The molecule has 1 aromatic carbocycles. The van der Waals surface area contributed by atoms with Crippen LogP contribution in [0.4, 0.5) is 0 Å². The molecule has 124 valence electrons. The maximum atomic E-state index is 5.96. The van der Waals surface area contributed by atoms with Crippen LogP contribution in [0.15, 0.2) is 24.3 Å². The van der Waals surface area contributed by atoms with E-state index in [9.17, 15) is 0 Å². The summed E-state index contributed by atoms with van der Waals surface area (Å²) < 4.78 is 5.96. The van der Waals surface area contributed by atoms with E-state index in [1.54, 1.807) is 0 Å². The Bertz CT molecular complexity index is 445. The predicted molar refractivity (Wildman–Crippen MR) is 93.7 cm³/mol. The number of hydrogen-bond acceptors (Lipinski definition) is 3. The number of likely N-dealkylation sites (N-methyl/N-ethyl adjacent to an activating group) is 1. The molecular formula is C19H32N2O. The van der Waals surface area contributed by atoms with Gasteiger partial charge in [-0.05, 0) is 36.1 Å². The molecular weight excluding hydrogens is 272 g/mol. The number of ether oxygens (including phenoxy) is 1. The molecule has 1 aliphatic rings. The maximum Gasteiger partial charge on any atom is 0.119 e. The van der Waals surface area contributed by atoms with Gasteiger partial charge in [0.25, 0.3) is 0 Å². The van der Waals surface area contributed by atoms with Gasteiger partial charge in [-0.15, -0.1) is 0 Å². The van der Waals surface area contributed by atoms with Crippen LogP contribution in [0.25, 0.3) is 0 Å². The minimum absolute atomic E-state index is 0.317. The van der Waals surface area contributed by atoms with Gasteiger partial charge in [-0.25, -0.2) is 0 Å². The summed E-state index contributed by atoms with van der Waals surface area (Å²) in [4.78, 5) is 5.01. The molecule has 0 radical (unpaired) electrons. The van der Waals surface area contributed by atoms with E-state index in [4.69, 9.17) is 4.74 Å². The normalized spacial score (nSPS) is 17.6. The highest BCUT2D eigenvalue weighted by atomic mass is 16.5. The van der Waals surface area contributed by atoms with Crippen molar-refractivity contribution in [3.05, 3.63) is 29.8 Å². The van der Waals surface area contributed by atoms with E-state index in [-0.39, 0.29) is 0 Å². The van der Waals surface area contributed by atoms with E-state index in [1.165, 1.54) is 38.3 Å². The maximum absolute atomic E-state index is 5.96. The van der Waals surface area contributed by atoms with Crippen LogP contribution < -0.4 is 4.74 Å². The Hall–Kier alpha value is -1.06. The molecule has 22 heavy (non-hydrogen) atoms. The molecule has 2 rings (SSSR count). The van der Waals surface area contributed by atoms with E-state index >= 15 is 0 Å². The van der Waals surface area contributed by atoms with Gasteiger partial charge in [-0.1, -0.05) is 39.8 Å². The number of piperazine rings is 1. The first-order valence-electron chi connectivity index (χ1n) is 8.63. The molecule has 0 amide bonds. The Kier molecular flexibility index (Phi) is 6.27. The molecule has 1 fully saturated rings. The Morgan fingerprint density at radius 3 is 2.36 bits per heavy atom. The van der Waals surface area contributed by atoms with Crippen LogP contribution in [0, 0.1) is 5.41 Å². The molecule has 0 aromatic heterocycles. The van der Waals surface area contributed by atoms with E-state index in [0.717, 1.165) is 25.3 Å². The lowest BCUT2D eigenvalue weighted by Crippen LogP contribution is -2.47. The van der Waals surface area contributed by atoms with Crippen molar-refractivity contribution >= 4 is 0 Å². The van der Waals surface area contributed by atoms with Crippen LogP contribution >= 0.6 is 0 Å². The Morgan fingerprint density at radius 2 is 1.73 bits per heavy atom. The first-order valence-corrected chi connectivity index (χ1v) is 8.63. The van der Waals surface area contributed by atoms with Gasteiger partial charge in [-0.3, -0.25) is 4.90 Å². The molecule has 0 saturated carbocycles. The quantitative estimate of drug-likeness (QED) is 0.802. The summed E-state index contributed by atoms with van der Waals surface area (Å²) in [5, 5.41) is 0. The summed E-state index contributed by atoms with van der Waals surface area (Å²) in [5.74, 6) is 1.01. The molecule has 0 N–H and O–H groups in total. The lowest BCUT2D eigenvalue weighted by atomic mass is 9.88. The first kappa shape index (κ1) is 17.3. The number of benzene rings is 1. The average molecular weight is 304 g/mol. The second-order valence-electron chi connectivity index (χ2n) is 7.51. The number of nitrogens with zero attached hydrogens (tertiary/aromatic N) is 2. The molecule has 1 heterocycles. The largest absolute Gasteiger partial charge is 0.492 e. The van der Waals surface area contributed by atoms with Crippen molar-refractivity contribution in [2.24, 2.45) is 5.41 Å². The van der Waals surface area contributed by atoms with E-state index in [0.29, 0.717) is 5.41 Å². The fraction of sp³-hybridized carbons (Fsp3) is 0.684. The molecule has 1 aliphatic heterocycles. The van der Waals surface area contributed by atoms with Gasteiger partial charge in [0.2, 0.25) is 0 Å². The van der Waals surface area contributed by atoms with Crippen LogP contribution in [0.2, 0.25) is 0 Å². The Balaban J connectivity index is 1.74. The lowest BCUT2D eigenvalue weighted by molar-refractivity contribution is 0.121. The minimum Gasteiger partial charge on any atom is -0.492 e. The van der Waals surface area contributed by atoms with Crippen molar-refractivity contribution in [1.82, 2.24) is 9.80 Å². The van der Waals surface area contributed by atoms with Gasteiger partial charge in [0.1, 0.15) is 12.4 Å². The van der Waals surface area contributed by atoms with Crippen LogP contribution in [0.3, 0.4) is 0 Å². The van der Waals surface area contributed by atoms with Crippen molar-refractivity contribution in [2.75, 3.05) is 45.9 Å². The second kappa shape index (κ2) is 7.98. The van der Waals surface area contributed by atoms with E-state index < -0.39 is 0 Å². The topological polar surface area (TPSA) is 15.7 Å². The van der Waals surface area contributed by atoms with Crippen molar-refractivity contribution in [1.29, 1.82) is 0 Å². The smallest absolute Gasteiger partial charge is 0.119 e. The van der Waals surface area contributed by atoms with Crippen molar-refractivity contribution in [3.63, 3.8) is 0 Å². The molecule has 1 aromatic rings. The van der Waals surface area contributed by atoms with Crippen molar-refractivity contribution < 1.29 is 4.74 Å². The van der Waals surface area contributed by atoms with Gasteiger partial charge >= 0.3 is 0 Å². The Labute approximate surface area is 136 Å². The summed E-state index contributed by atoms with van der Waals surface area (Å²) in [5.41, 5.74) is 1.68. The summed E-state index contributed by atoms with van der Waals surface area (Å²) in [6, 6.07) is 8.57. The molecule has 0 aliphatic carbocycles. The number of rotatable bonds is 6. The third kappa shape index (κ3) is 5.98. The fourth-order valence-corrected chi connectivity index (χ4v) is 2.98. The lowest BCUT2D eigenvalue weighted by Gasteiger charge is -2.33. The standard InChI is InChI=1S/C19H32N2O/c1-5-20-9-11-21(12-10-20)13-14-22-18-8-6-7-17(15-18)16-19(2,3)4/h6-8,15H,5,9-14,16H2,1-4H3. The zero-order chi connectivity index (χ0) is 16.0. The predicted octanol–water partition coefficient (Wildman–Crippen LogP) is 3.29. The van der Waals surface area contributed by atoms with Gasteiger partial charge in [-0.2, -0.15) is 0 Å². The zero-order valence-electron chi connectivity index (χ0n) is 14.8. The van der Waals surface area contributed by atoms with Gasteiger partial charge in [0.15, 0.2) is 0 Å². The van der Waals surface area contributed by atoms with Gasteiger partial charge < -0.3 is 9.64 Å². The summed E-state index contributed by atoms with van der Waals surface area (Å²) in [6.07, 6.45) is 1.09. The summed E-state index contributed by atoms with van der Waals surface area (Å²) in [7, 11) is 0. The minimum atomic E-state index is 0.317. The van der Waals surface area contributed by atoms with Crippen LogP contribution in [0.1, 0.15) is 33.3 Å². The Morgan fingerprint density at radius 1 is 1.05 bits per heavy atom. The highest BCUT2D eigenvalue weighted by Crippen LogP contribution is 2.23. The van der Waals surface area contributed by atoms with Crippen molar-refractivity contribution in [3.8, 4) is 5.75 Å². The SMILES string of the molecule is CCN1CCN(CCOc2cccc(CC(C)(C)C)c2)CC1. The molecule has 0 spiro atoms. The monoisotopic (exact) mass is 304 g/mol. The summed E-state index contributed by atoms with van der Waals surface area (Å²) >= 11 is 0. The second-order valence-corrected chi connectivity index (χ2v) is 7.51. The highest BCUT2D eigenvalue weighted by Gasteiger charge is 2.15. The summed E-state index contributed by atoms with van der Waals surface area (Å²) in [6.45, 7) is 16.8. The van der Waals surface area contributed by atoms with Gasteiger partial charge in [0.05, 0.1) is 0 Å². The van der Waals surface area contributed by atoms with Crippen LogP contribution in [0.5, 0.6) is 5.75 Å². The first-order chi connectivity index (χ1) is 10.5.